The summed E-state index contributed by atoms with van der Waals surface area (Å²) in [5.41, 5.74) is 1.60. The van der Waals surface area contributed by atoms with Crippen molar-refractivity contribution in [3.05, 3.63) is 87.9 Å². The minimum Gasteiger partial charge on any atom is -0.494 e. The predicted octanol–water partition coefficient (Wildman–Crippen LogP) is 6.23. The fraction of sp³-hybridized carbons (Fsp3) is 0.355. The Balaban J connectivity index is 2.07. The van der Waals surface area contributed by atoms with E-state index in [4.69, 9.17) is 27.9 Å². The summed E-state index contributed by atoms with van der Waals surface area (Å²) >= 11 is 12.9. The van der Waals surface area contributed by atoms with Crippen molar-refractivity contribution in [3.63, 3.8) is 0 Å². The molecule has 0 radical (unpaired) electrons. The Labute approximate surface area is 258 Å². The van der Waals surface area contributed by atoms with Crippen LogP contribution in [0, 0.1) is 6.92 Å². The van der Waals surface area contributed by atoms with Crippen molar-refractivity contribution in [3.8, 4) is 5.75 Å². The maximum absolute atomic E-state index is 14.1. The standard InChI is InChI=1S/C31H37Cl2N3O5S/c1-6-22(4)34-31(38)23(5)35(19-27-28(32)9-8-10-29(27)33)30(37)20-36(24-13-15-25(16-14-24)41-7-2)42(39,40)26-17-11-21(3)12-18-26/h8-18,22-23H,6-7,19-20H2,1-5H3,(H,34,38)/t22-,23-/m1/s1. The second-order valence-corrected chi connectivity index (χ2v) is 12.6. The molecule has 3 aromatic rings. The number of carbonyl (C=O) groups excluding carboxylic acids is 2. The third-order valence-corrected chi connectivity index (χ3v) is 9.38. The molecule has 0 aliphatic heterocycles. The minimum atomic E-state index is -4.19. The number of amides is 2. The molecule has 0 aromatic heterocycles. The van der Waals surface area contributed by atoms with Crippen molar-refractivity contribution in [1.29, 1.82) is 0 Å². The average Bonchev–Trinajstić information content (AvgIpc) is 2.96. The molecule has 226 valence electrons. The molecule has 0 saturated heterocycles. The van der Waals surface area contributed by atoms with Crippen LogP contribution in [-0.4, -0.2) is 50.4 Å². The molecule has 0 fully saturated rings. The van der Waals surface area contributed by atoms with Crippen LogP contribution in [0.3, 0.4) is 0 Å². The Hall–Kier alpha value is -3.27. The summed E-state index contributed by atoms with van der Waals surface area (Å²) in [6.07, 6.45) is 0.697. The van der Waals surface area contributed by atoms with Gasteiger partial charge < -0.3 is 15.0 Å². The second-order valence-electron chi connectivity index (χ2n) is 9.97. The molecular weight excluding hydrogens is 597 g/mol. The Morgan fingerprint density at radius 3 is 2.07 bits per heavy atom. The van der Waals surface area contributed by atoms with Gasteiger partial charge in [0, 0.05) is 28.2 Å². The lowest BCUT2D eigenvalue weighted by molar-refractivity contribution is -0.139. The smallest absolute Gasteiger partial charge is 0.264 e. The van der Waals surface area contributed by atoms with E-state index < -0.39 is 28.5 Å². The summed E-state index contributed by atoms with van der Waals surface area (Å²) < 4.78 is 34.5. The van der Waals surface area contributed by atoms with Crippen LogP contribution < -0.4 is 14.4 Å². The van der Waals surface area contributed by atoms with Gasteiger partial charge in [-0.2, -0.15) is 0 Å². The number of benzene rings is 3. The van der Waals surface area contributed by atoms with Gasteiger partial charge in [-0.1, -0.05) is 53.9 Å². The van der Waals surface area contributed by atoms with E-state index in [1.807, 2.05) is 27.7 Å². The first-order valence-electron chi connectivity index (χ1n) is 13.7. The quantitative estimate of drug-likeness (QED) is 0.241. The number of halogens is 2. The molecule has 0 unspecified atom stereocenters. The third-order valence-electron chi connectivity index (χ3n) is 6.88. The molecule has 1 N–H and O–H groups in total. The molecular formula is C31H37Cl2N3O5S. The molecule has 0 bridgehead atoms. The zero-order valence-corrected chi connectivity index (χ0v) is 26.8. The number of hydrogen-bond acceptors (Lipinski definition) is 5. The summed E-state index contributed by atoms with van der Waals surface area (Å²) in [5, 5.41) is 3.55. The van der Waals surface area contributed by atoms with Crippen LogP contribution in [0.5, 0.6) is 5.75 Å². The van der Waals surface area contributed by atoms with Gasteiger partial charge in [-0.15, -0.1) is 0 Å². The molecule has 8 nitrogen and oxygen atoms in total. The highest BCUT2D eigenvalue weighted by atomic mass is 35.5. The van der Waals surface area contributed by atoms with Crippen LogP contribution in [0.25, 0.3) is 0 Å². The number of nitrogens with zero attached hydrogens (tertiary/aromatic N) is 2. The topological polar surface area (TPSA) is 96.0 Å². The zero-order chi connectivity index (χ0) is 31.0. The molecule has 42 heavy (non-hydrogen) atoms. The highest BCUT2D eigenvalue weighted by molar-refractivity contribution is 7.92. The predicted molar refractivity (Wildman–Crippen MR) is 168 cm³/mol. The Bertz CT molecular complexity index is 1460. The maximum Gasteiger partial charge on any atom is 0.264 e. The van der Waals surface area contributed by atoms with Crippen molar-refractivity contribution >= 4 is 50.7 Å². The van der Waals surface area contributed by atoms with E-state index in [2.05, 4.69) is 5.32 Å². The Kier molecular flexibility index (Phi) is 11.7. The monoisotopic (exact) mass is 633 g/mol. The normalized spacial score (nSPS) is 12.7. The SMILES string of the molecule is CCOc1ccc(N(CC(=O)N(Cc2c(Cl)cccc2Cl)[C@H](C)C(=O)N[C@H](C)CC)S(=O)(=O)c2ccc(C)cc2)cc1. The molecule has 0 spiro atoms. The van der Waals surface area contributed by atoms with E-state index in [-0.39, 0.29) is 29.1 Å². The number of sulfonamides is 1. The van der Waals surface area contributed by atoms with E-state index in [0.29, 0.717) is 34.4 Å². The van der Waals surface area contributed by atoms with Crippen LogP contribution in [0.1, 0.15) is 45.2 Å². The number of carbonyl (C=O) groups is 2. The number of aryl methyl sites for hydroxylation is 1. The minimum absolute atomic E-state index is 0.0260. The van der Waals surface area contributed by atoms with Gasteiger partial charge in [0.2, 0.25) is 11.8 Å². The van der Waals surface area contributed by atoms with Gasteiger partial charge in [-0.3, -0.25) is 13.9 Å². The van der Waals surface area contributed by atoms with Crippen molar-refractivity contribution in [1.82, 2.24) is 10.2 Å². The van der Waals surface area contributed by atoms with Gasteiger partial charge in [-0.05, 0) is 82.6 Å². The summed E-state index contributed by atoms with van der Waals surface area (Å²) in [4.78, 5) is 28.6. The number of anilines is 1. The van der Waals surface area contributed by atoms with E-state index in [1.54, 1.807) is 61.5 Å². The fourth-order valence-electron chi connectivity index (χ4n) is 4.14. The van der Waals surface area contributed by atoms with Crippen LogP contribution in [0.15, 0.2) is 71.6 Å². The first-order valence-corrected chi connectivity index (χ1v) is 15.9. The van der Waals surface area contributed by atoms with E-state index in [0.717, 1.165) is 9.87 Å². The number of hydrogen-bond donors (Lipinski definition) is 1. The van der Waals surface area contributed by atoms with Gasteiger partial charge in [0.25, 0.3) is 10.0 Å². The summed E-state index contributed by atoms with van der Waals surface area (Å²) in [6.45, 7) is 8.86. The first-order chi connectivity index (χ1) is 19.9. The third kappa shape index (κ3) is 8.18. The van der Waals surface area contributed by atoms with Crippen molar-refractivity contribution in [2.24, 2.45) is 0 Å². The average molecular weight is 635 g/mol. The highest BCUT2D eigenvalue weighted by Crippen LogP contribution is 2.29. The second kappa shape index (κ2) is 14.8. The molecule has 0 saturated carbocycles. The molecule has 2 atom stereocenters. The molecule has 2 amide bonds. The molecule has 11 heteroatoms. The number of nitrogens with one attached hydrogen (secondary N) is 1. The number of ether oxygens (including phenoxy) is 1. The maximum atomic E-state index is 14.1. The molecule has 0 aliphatic carbocycles. The van der Waals surface area contributed by atoms with Crippen LogP contribution >= 0.6 is 23.2 Å². The molecule has 3 rings (SSSR count). The highest BCUT2D eigenvalue weighted by Gasteiger charge is 2.33. The largest absolute Gasteiger partial charge is 0.494 e. The van der Waals surface area contributed by atoms with Crippen molar-refractivity contribution < 1.29 is 22.7 Å². The lowest BCUT2D eigenvalue weighted by Gasteiger charge is -2.33. The van der Waals surface area contributed by atoms with Crippen molar-refractivity contribution in [2.75, 3.05) is 17.5 Å². The lowest BCUT2D eigenvalue weighted by Crippen LogP contribution is -2.52. The fourth-order valence-corrected chi connectivity index (χ4v) is 6.07. The van der Waals surface area contributed by atoms with Crippen molar-refractivity contribution in [2.45, 2.75) is 64.6 Å². The Morgan fingerprint density at radius 2 is 1.52 bits per heavy atom. The summed E-state index contributed by atoms with van der Waals surface area (Å²) in [7, 11) is -4.19. The van der Waals surface area contributed by atoms with Gasteiger partial charge in [0.1, 0.15) is 18.3 Å². The number of rotatable bonds is 13. The Morgan fingerprint density at radius 1 is 0.929 bits per heavy atom. The molecule has 0 aliphatic rings. The van der Waals surface area contributed by atoms with Gasteiger partial charge in [-0.25, -0.2) is 8.42 Å². The van der Waals surface area contributed by atoms with E-state index in [9.17, 15) is 18.0 Å². The molecule has 0 heterocycles. The summed E-state index contributed by atoms with van der Waals surface area (Å²) in [6, 6.07) is 16.7. The zero-order valence-electron chi connectivity index (χ0n) is 24.4. The molecule has 3 aromatic carbocycles. The van der Waals surface area contributed by atoms with Crippen LogP contribution in [0.2, 0.25) is 10.0 Å². The van der Waals surface area contributed by atoms with E-state index in [1.165, 1.54) is 17.0 Å². The first kappa shape index (κ1) is 33.2. The van der Waals surface area contributed by atoms with Gasteiger partial charge in [0.05, 0.1) is 17.2 Å². The van der Waals surface area contributed by atoms with Gasteiger partial charge >= 0.3 is 0 Å². The van der Waals surface area contributed by atoms with Crippen LogP contribution in [0.4, 0.5) is 5.69 Å². The van der Waals surface area contributed by atoms with Gasteiger partial charge in [0.15, 0.2) is 0 Å². The van der Waals surface area contributed by atoms with Crippen LogP contribution in [-0.2, 0) is 26.2 Å². The summed E-state index contributed by atoms with van der Waals surface area (Å²) in [5.74, 6) is -0.428. The van der Waals surface area contributed by atoms with E-state index >= 15 is 0 Å². The lowest BCUT2D eigenvalue weighted by atomic mass is 10.1.